The number of hydrogen-bond acceptors (Lipinski definition) is 1. The van der Waals surface area contributed by atoms with Crippen molar-refractivity contribution in [3.8, 4) is 0 Å². The van der Waals surface area contributed by atoms with Gasteiger partial charge in [-0.25, -0.2) is 4.39 Å². The first kappa shape index (κ1) is 13.4. The molecule has 0 spiro atoms. The Morgan fingerprint density at radius 1 is 1.31 bits per heavy atom. The van der Waals surface area contributed by atoms with E-state index in [0.29, 0.717) is 18.2 Å². The topological polar surface area (TPSA) is 0 Å². The third-order valence-corrected chi connectivity index (χ3v) is 3.03. The molecule has 0 aromatic carbocycles. The molecule has 0 saturated heterocycles. The molecule has 0 saturated carbocycles. The van der Waals surface area contributed by atoms with E-state index >= 15 is 0 Å². The standard InChI is InChI=1S/C8H14ClF3S/c1-2-3-4-5-6-13-8(11,12)7(9)10/h7H,2-6H2,1H3. The highest BCUT2D eigenvalue weighted by molar-refractivity contribution is 8.00. The molecule has 0 heterocycles. The van der Waals surface area contributed by atoms with Gasteiger partial charge in [-0.05, 0) is 12.2 Å². The van der Waals surface area contributed by atoms with Crippen molar-refractivity contribution < 1.29 is 13.2 Å². The largest absolute Gasteiger partial charge is 0.338 e. The first-order valence-corrected chi connectivity index (χ1v) is 5.73. The number of halogens is 4. The molecule has 80 valence electrons. The summed E-state index contributed by atoms with van der Waals surface area (Å²) >= 11 is 4.97. The fourth-order valence-electron chi connectivity index (χ4n) is 0.800. The zero-order valence-electron chi connectivity index (χ0n) is 7.53. The van der Waals surface area contributed by atoms with Crippen molar-refractivity contribution in [3.05, 3.63) is 0 Å². The smallest absolute Gasteiger partial charge is 0.222 e. The van der Waals surface area contributed by atoms with E-state index < -0.39 is 10.9 Å². The second-order valence-electron chi connectivity index (χ2n) is 2.77. The number of unbranched alkanes of at least 4 members (excludes halogenated alkanes) is 3. The van der Waals surface area contributed by atoms with E-state index in [1.807, 2.05) is 6.92 Å². The molecule has 0 aliphatic heterocycles. The zero-order valence-corrected chi connectivity index (χ0v) is 9.11. The summed E-state index contributed by atoms with van der Waals surface area (Å²) in [6, 6.07) is 0. The maximum atomic E-state index is 12.5. The number of hydrogen-bond donors (Lipinski definition) is 0. The van der Waals surface area contributed by atoms with Crippen LogP contribution in [-0.4, -0.2) is 16.6 Å². The molecule has 0 nitrogen and oxygen atoms in total. The number of rotatable bonds is 7. The van der Waals surface area contributed by atoms with Gasteiger partial charge in [0.05, 0.1) is 0 Å². The molecule has 0 radical (unpaired) electrons. The lowest BCUT2D eigenvalue weighted by Gasteiger charge is -2.14. The quantitative estimate of drug-likeness (QED) is 0.464. The van der Waals surface area contributed by atoms with Gasteiger partial charge in [0.2, 0.25) is 5.63 Å². The molecular formula is C8H14ClF3S. The van der Waals surface area contributed by atoms with Crippen LogP contribution < -0.4 is 0 Å². The lowest BCUT2D eigenvalue weighted by molar-refractivity contribution is 0.0537. The third kappa shape index (κ3) is 6.49. The molecule has 0 bridgehead atoms. The van der Waals surface area contributed by atoms with Crippen LogP contribution in [0.1, 0.15) is 32.6 Å². The molecule has 0 fully saturated rings. The minimum absolute atomic E-state index is 0.264. The Bertz CT molecular complexity index is 131. The van der Waals surface area contributed by atoms with Crippen molar-refractivity contribution in [1.82, 2.24) is 0 Å². The first-order chi connectivity index (χ1) is 6.00. The molecule has 0 amide bonds. The summed E-state index contributed by atoms with van der Waals surface area (Å²) in [4.78, 5) is 0. The van der Waals surface area contributed by atoms with Gasteiger partial charge in [0.25, 0.3) is 0 Å². The van der Waals surface area contributed by atoms with Gasteiger partial charge in [-0.15, -0.1) is 0 Å². The van der Waals surface area contributed by atoms with Crippen molar-refractivity contribution >= 4 is 23.4 Å². The van der Waals surface area contributed by atoms with Gasteiger partial charge in [-0.3, -0.25) is 0 Å². The minimum atomic E-state index is -3.44. The van der Waals surface area contributed by atoms with Crippen LogP contribution in [0.4, 0.5) is 13.2 Å². The maximum absolute atomic E-state index is 12.5. The van der Waals surface area contributed by atoms with Crippen molar-refractivity contribution in [3.63, 3.8) is 0 Å². The van der Waals surface area contributed by atoms with E-state index in [-0.39, 0.29) is 5.75 Å². The molecule has 0 aromatic rings. The Morgan fingerprint density at radius 3 is 2.38 bits per heavy atom. The van der Waals surface area contributed by atoms with Crippen LogP contribution in [0.3, 0.4) is 0 Å². The summed E-state index contributed by atoms with van der Waals surface area (Å²) in [5, 5.41) is -3.44. The van der Waals surface area contributed by atoms with Crippen LogP contribution >= 0.6 is 23.4 Å². The zero-order chi connectivity index (χ0) is 10.3. The first-order valence-electron chi connectivity index (χ1n) is 4.30. The summed E-state index contributed by atoms with van der Waals surface area (Å²) in [7, 11) is 0. The van der Waals surface area contributed by atoms with Crippen LogP contribution in [0, 0.1) is 0 Å². The molecule has 5 heteroatoms. The second kappa shape index (κ2) is 6.82. The lowest BCUT2D eigenvalue weighted by atomic mass is 10.2. The fourth-order valence-corrected chi connectivity index (χ4v) is 1.74. The summed E-state index contributed by atoms with van der Waals surface area (Å²) < 4.78 is 37.1. The number of alkyl halides is 4. The molecule has 0 aromatic heterocycles. The molecule has 1 unspecified atom stereocenters. The van der Waals surface area contributed by atoms with Crippen LogP contribution in [0.15, 0.2) is 0 Å². The van der Waals surface area contributed by atoms with E-state index in [9.17, 15) is 13.2 Å². The van der Waals surface area contributed by atoms with E-state index in [2.05, 4.69) is 11.6 Å². The summed E-state index contributed by atoms with van der Waals surface area (Å²) in [6.45, 7) is 2.04. The van der Waals surface area contributed by atoms with E-state index in [0.717, 1.165) is 19.3 Å². The average molecular weight is 235 g/mol. The predicted octanol–water partition coefficient (Wildman–Crippen LogP) is 4.43. The number of thioether (sulfide) groups is 1. The van der Waals surface area contributed by atoms with Crippen molar-refractivity contribution in [1.29, 1.82) is 0 Å². The Hall–Kier alpha value is 0.430. The Labute approximate surface area is 86.2 Å². The molecule has 0 N–H and O–H groups in total. The van der Waals surface area contributed by atoms with E-state index in [4.69, 9.17) is 0 Å². The van der Waals surface area contributed by atoms with Gasteiger partial charge < -0.3 is 0 Å². The third-order valence-electron chi connectivity index (χ3n) is 1.55. The summed E-state index contributed by atoms with van der Waals surface area (Å²) in [5.74, 6) is 0.264. The Kier molecular flexibility index (Phi) is 7.05. The highest BCUT2D eigenvalue weighted by atomic mass is 35.5. The maximum Gasteiger partial charge on any atom is 0.338 e. The SMILES string of the molecule is CCCCCCSC(F)(F)C(F)Cl. The molecule has 1 atom stereocenters. The van der Waals surface area contributed by atoms with Gasteiger partial charge in [-0.1, -0.05) is 49.5 Å². The van der Waals surface area contributed by atoms with Crippen LogP contribution in [0.5, 0.6) is 0 Å². The Morgan fingerprint density at radius 2 is 1.92 bits per heavy atom. The predicted molar refractivity (Wildman–Crippen MR) is 52.3 cm³/mol. The monoisotopic (exact) mass is 234 g/mol. The average Bonchev–Trinajstić information content (AvgIpc) is 2.03. The lowest BCUT2D eigenvalue weighted by Crippen LogP contribution is -2.21. The molecule has 0 rings (SSSR count). The van der Waals surface area contributed by atoms with Crippen LogP contribution in [0.25, 0.3) is 0 Å². The molecule has 0 aliphatic carbocycles. The van der Waals surface area contributed by atoms with Gasteiger partial charge in [-0.2, -0.15) is 8.78 Å². The van der Waals surface area contributed by atoms with Gasteiger partial charge >= 0.3 is 5.25 Å². The highest BCUT2D eigenvalue weighted by Crippen LogP contribution is 2.36. The molecule has 13 heavy (non-hydrogen) atoms. The van der Waals surface area contributed by atoms with Gasteiger partial charge in [0.1, 0.15) is 0 Å². The van der Waals surface area contributed by atoms with E-state index in [1.165, 1.54) is 0 Å². The molecule has 0 aliphatic rings. The summed E-state index contributed by atoms with van der Waals surface area (Å²) in [5.41, 5.74) is -2.58. The normalized spacial score (nSPS) is 14.5. The fraction of sp³-hybridized carbons (Fsp3) is 1.00. The highest BCUT2D eigenvalue weighted by Gasteiger charge is 2.38. The molecular weight excluding hydrogens is 221 g/mol. The van der Waals surface area contributed by atoms with Gasteiger partial charge in [0, 0.05) is 0 Å². The van der Waals surface area contributed by atoms with Crippen molar-refractivity contribution in [2.45, 2.75) is 43.5 Å². The minimum Gasteiger partial charge on any atom is -0.222 e. The van der Waals surface area contributed by atoms with Crippen LogP contribution in [-0.2, 0) is 0 Å². The second-order valence-corrected chi connectivity index (χ2v) is 4.40. The van der Waals surface area contributed by atoms with Crippen molar-refractivity contribution in [2.75, 3.05) is 5.75 Å². The van der Waals surface area contributed by atoms with E-state index in [1.54, 1.807) is 0 Å². The van der Waals surface area contributed by atoms with Crippen molar-refractivity contribution in [2.24, 2.45) is 0 Å². The summed E-state index contributed by atoms with van der Waals surface area (Å²) in [6.07, 6.45) is 3.70. The van der Waals surface area contributed by atoms with Crippen LogP contribution in [0.2, 0.25) is 0 Å². The Balaban J connectivity index is 3.41. The van der Waals surface area contributed by atoms with Gasteiger partial charge in [0.15, 0.2) is 0 Å².